The Balaban J connectivity index is 2.09. The molecule has 0 aliphatic carbocycles. The van der Waals surface area contributed by atoms with Crippen LogP contribution in [0.5, 0.6) is 0 Å². The second-order valence-corrected chi connectivity index (χ2v) is 4.49. The van der Waals surface area contributed by atoms with E-state index in [2.05, 4.69) is 9.97 Å². The Hall–Kier alpha value is -1.93. The van der Waals surface area contributed by atoms with Gasteiger partial charge < -0.3 is 20.1 Å². The summed E-state index contributed by atoms with van der Waals surface area (Å²) in [5.41, 5.74) is 5.37. The molecule has 8 heteroatoms. The van der Waals surface area contributed by atoms with Crippen LogP contribution in [-0.2, 0) is 4.74 Å². The van der Waals surface area contributed by atoms with Crippen molar-refractivity contribution in [1.82, 2.24) is 14.5 Å². The van der Waals surface area contributed by atoms with Crippen molar-refractivity contribution in [2.24, 2.45) is 0 Å². The number of aliphatic hydroxyl groups excluding tert-OH is 1. The van der Waals surface area contributed by atoms with Crippen molar-refractivity contribution in [1.29, 1.82) is 0 Å². The highest BCUT2D eigenvalue weighted by Crippen LogP contribution is 2.33. The van der Waals surface area contributed by atoms with Gasteiger partial charge in [-0.2, -0.15) is 4.98 Å². The van der Waals surface area contributed by atoms with Crippen LogP contribution in [0, 0.1) is 0 Å². The summed E-state index contributed by atoms with van der Waals surface area (Å²) in [4.78, 5) is 18.0. The SMILES string of the molecule is Nc1nc2c(ccn2[C@@H]2O[C@H](CO)CC2F)c(=O)[nH]1. The van der Waals surface area contributed by atoms with Gasteiger partial charge in [0.05, 0.1) is 18.1 Å². The number of hydrogen-bond donors (Lipinski definition) is 3. The number of nitrogens with one attached hydrogen (secondary N) is 1. The summed E-state index contributed by atoms with van der Waals surface area (Å²) in [7, 11) is 0. The minimum absolute atomic E-state index is 0.0374. The molecule has 1 fully saturated rings. The number of fused-ring (bicyclic) bond motifs is 1. The summed E-state index contributed by atoms with van der Waals surface area (Å²) in [5.74, 6) is -0.0374. The normalized spacial score (nSPS) is 27.2. The predicted molar refractivity (Wildman–Crippen MR) is 65.3 cm³/mol. The molecule has 1 unspecified atom stereocenters. The fourth-order valence-corrected chi connectivity index (χ4v) is 2.33. The van der Waals surface area contributed by atoms with E-state index in [-0.39, 0.29) is 30.2 Å². The maximum Gasteiger partial charge on any atom is 0.261 e. The van der Waals surface area contributed by atoms with E-state index in [0.29, 0.717) is 5.39 Å². The molecule has 3 rings (SSSR count). The second kappa shape index (κ2) is 4.32. The van der Waals surface area contributed by atoms with Crippen molar-refractivity contribution in [2.75, 3.05) is 12.3 Å². The van der Waals surface area contributed by atoms with Crippen LogP contribution in [0.3, 0.4) is 0 Å². The zero-order chi connectivity index (χ0) is 13.6. The van der Waals surface area contributed by atoms with Crippen molar-refractivity contribution in [2.45, 2.75) is 24.9 Å². The highest BCUT2D eigenvalue weighted by molar-refractivity contribution is 5.76. The standard InChI is InChI=1S/C11H13FN4O3/c12-7-3-5(4-17)19-10(7)16-2-1-6-8(16)14-11(13)15-9(6)18/h1-2,5,7,10,17H,3-4H2,(H3,13,14,15,18)/t5-,7?,10+/m0/s1. The number of hydrogen-bond acceptors (Lipinski definition) is 5. The molecule has 0 saturated carbocycles. The average molecular weight is 268 g/mol. The summed E-state index contributed by atoms with van der Waals surface area (Å²) in [6, 6.07) is 1.53. The van der Waals surface area contributed by atoms with Crippen LogP contribution in [-0.4, -0.2) is 38.5 Å². The van der Waals surface area contributed by atoms with E-state index >= 15 is 0 Å². The molecular weight excluding hydrogens is 255 g/mol. The number of nitrogens with zero attached hydrogens (tertiary/aromatic N) is 2. The van der Waals surface area contributed by atoms with Crippen molar-refractivity contribution in [3.63, 3.8) is 0 Å². The molecule has 0 bridgehead atoms. The van der Waals surface area contributed by atoms with Crippen LogP contribution in [0.25, 0.3) is 11.0 Å². The third kappa shape index (κ3) is 1.89. The van der Waals surface area contributed by atoms with Crippen LogP contribution in [0.2, 0.25) is 0 Å². The molecule has 19 heavy (non-hydrogen) atoms. The Bertz CT molecular complexity index is 667. The Labute approximate surface area is 106 Å². The molecular formula is C11H13FN4O3. The molecule has 7 nitrogen and oxygen atoms in total. The third-order valence-corrected chi connectivity index (χ3v) is 3.21. The first-order valence-electron chi connectivity index (χ1n) is 5.87. The quantitative estimate of drug-likeness (QED) is 0.706. The Morgan fingerprint density at radius 2 is 2.47 bits per heavy atom. The van der Waals surface area contributed by atoms with Gasteiger partial charge in [0.15, 0.2) is 11.9 Å². The van der Waals surface area contributed by atoms with Gasteiger partial charge in [-0.1, -0.05) is 0 Å². The lowest BCUT2D eigenvalue weighted by Crippen LogP contribution is -2.18. The van der Waals surface area contributed by atoms with Crippen LogP contribution < -0.4 is 11.3 Å². The van der Waals surface area contributed by atoms with E-state index in [1.165, 1.54) is 16.8 Å². The summed E-state index contributed by atoms with van der Waals surface area (Å²) in [6.45, 7) is -0.244. The second-order valence-electron chi connectivity index (χ2n) is 4.49. The van der Waals surface area contributed by atoms with Gasteiger partial charge in [0.25, 0.3) is 5.56 Å². The highest BCUT2D eigenvalue weighted by Gasteiger charge is 2.37. The lowest BCUT2D eigenvalue weighted by atomic mass is 10.2. The molecule has 1 saturated heterocycles. The van der Waals surface area contributed by atoms with Crippen LogP contribution in [0.4, 0.5) is 10.3 Å². The number of ether oxygens (including phenoxy) is 1. The van der Waals surface area contributed by atoms with Gasteiger partial charge in [0, 0.05) is 12.6 Å². The molecule has 1 aliphatic heterocycles. The van der Waals surface area contributed by atoms with E-state index in [4.69, 9.17) is 15.6 Å². The molecule has 2 aromatic rings. The molecule has 4 N–H and O–H groups in total. The number of aliphatic hydroxyl groups is 1. The lowest BCUT2D eigenvalue weighted by Gasteiger charge is -2.16. The van der Waals surface area contributed by atoms with Gasteiger partial charge >= 0.3 is 0 Å². The summed E-state index contributed by atoms with van der Waals surface area (Å²) < 4.78 is 20.7. The Morgan fingerprint density at radius 1 is 1.68 bits per heavy atom. The van der Waals surface area contributed by atoms with E-state index in [9.17, 15) is 9.18 Å². The largest absolute Gasteiger partial charge is 0.394 e. The van der Waals surface area contributed by atoms with Gasteiger partial charge in [-0.05, 0) is 6.07 Å². The number of alkyl halides is 1. The molecule has 0 spiro atoms. The van der Waals surface area contributed by atoms with E-state index in [0.717, 1.165) is 0 Å². The molecule has 0 radical (unpaired) electrons. The molecule has 0 amide bonds. The van der Waals surface area contributed by atoms with Gasteiger partial charge in [-0.15, -0.1) is 0 Å². The number of halogens is 1. The number of anilines is 1. The maximum absolute atomic E-state index is 13.9. The molecule has 3 heterocycles. The van der Waals surface area contributed by atoms with E-state index in [1.54, 1.807) is 0 Å². The summed E-state index contributed by atoms with van der Waals surface area (Å²) in [5, 5.41) is 9.33. The van der Waals surface area contributed by atoms with Crippen molar-refractivity contribution in [3.05, 3.63) is 22.6 Å². The number of H-pyrrole nitrogens is 1. The monoisotopic (exact) mass is 268 g/mol. The minimum Gasteiger partial charge on any atom is -0.394 e. The Morgan fingerprint density at radius 3 is 3.16 bits per heavy atom. The topological polar surface area (TPSA) is 106 Å². The number of aromatic nitrogens is 3. The highest BCUT2D eigenvalue weighted by atomic mass is 19.1. The molecule has 2 aromatic heterocycles. The van der Waals surface area contributed by atoms with Crippen molar-refractivity contribution >= 4 is 17.0 Å². The maximum atomic E-state index is 13.9. The van der Waals surface area contributed by atoms with Crippen molar-refractivity contribution < 1.29 is 14.2 Å². The number of rotatable bonds is 2. The van der Waals surface area contributed by atoms with Crippen LogP contribution in [0.1, 0.15) is 12.6 Å². The first kappa shape index (κ1) is 12.1. The van der Waals surface area contributed by atoms with Gasteiger partial charge in [-0.3, -0.25) is 9.78 Å². The first-order chi connectivity index (χ1) is 9.10. The zero-order valence-corrected chi connectivity index (χ0v) is 9.91. The van der Waals surface area contributed by atoms with Gasteiger partial charge in [-0.25, -0.2) is 4.39 Å². The fourth-order valence-electron chi connectivity index (χ4n) is 2.33. The summed E-state index contributed by atoms with van der Waals surface area (Å²) >= 11 is 0. The lowest BCUT2D eigenvalue weighted by molar-refractivity contribution is -0.0348. The predicted octanol–water partition coefficient (Wildman–Crippen LogP) is -0.0753. The average Bonchev–Trinajstić information content (AvgIpc) is 2.92. The molecule has 0 aromatic carbocycles. The first-order valence-corrected chi connectivity index (χ1v) is 5.87. The van der Waals surface area contributed by atoms with Gasteiger partial charge in [0.1, 0.15) is 6.17 Å². The van der Waals surface area contributed by atoms with Crippen molar-refractivity contribution in [3.8, 4) is 0 Å². The van der Waals surface area contributed by atoms with E-state index in [1.807, 2.05) is 0 Å². The zero-order valence-electron chi connectivity index (χ0n) is 9.91. The van der Waals surface area contributed by atoms with Crippen LogP contribution in [0.15, 0.2) is 17.1 Å². The molecule has 3 atom stereocenters. The molecule has 1 aliphatic rings. The molecule has 102 valence electrons. The number of aromatic amines is 1. The number of nitrogens with two attached hydrogens (primary N) is 1. The number of nitrogen functional groups attached to an aromatic ring is 1. The smallest absolute Gasteiger partial charge is 0.261 e. The third-order valence-electron chi connectivity index (χ3n) is 3.21. The summed E-state index contributed by atoms with van der Waals surface area (Å²) in [6.07, 6.45) is -1.07. The van der Waals surface area contributed by atoms with Gasteiger partial charge in [0.2, 0.25) is 5.95 Å². The minimum atomic E-state index is -1.27. The van der Waals surface area contributed by atoms with E-state index < -0.39 is 18.5 Å². The fraction of sp³-hybridized carbons (Fsp3) is 0.455. The Kier molecular flexibility index (Phi) is 2.76. The van der Waals surface area contributed by atoms with Crippen LogP contribution >= 0.6 is 0 Å².